The first kappa shape index (κ1) is 19.4. The quantitative estimate of drug-likeness (QED) is 0.597. The number of para-hydroxylation sites is 1. The largest absolute Gasteiger partial charge is 0.358 e. The number of nitrogens with one attached hydrogen (secondary N) is 1. The number of hydrogen-bond donors (Lipinski definition) is 1. The fraction of sp³-hybridized carbons (Fsp3) is 0.360. The van der Waals surface area contributed by atoms with E-state index < -0.39 is 0 Å². The molecule has 0 radical (unpaired) electrons. The van der Waals surface area contributed by atoms with Gasteiger partial charge in [0.05, 0.1) is 0 Å². The highest BCUT2D eigenvalue weighted by molar-refractivity contribution is 5.98. The molecule has 0 unspecified atom stereocenters. The Balaban J connectivity index is 1.27. The van der Waals surface area contributed by atoms with Crippen molar-refractivity contribution in [2.24, 2.45) is 0 Å². The van der Waals surface area contributed by atoms with Gasteiger partial charge in [0, 0.05) is 48.6 Å². The van der Waals surface area contributed by atoms with Gasteiger partial charge in [-0.05, 0) is 42.3 Å². The Kier molecular flexibility index (Phi) is 5.79. The van der Waals surface area contributed by atoms with Crippen molar-refractivity contribution in [3.63, 3.8) is 0 Å². The number of aryl methyl sites for hydroxylation is 1. The summed E-state index contributed by atoms with van der Waals surface area (Å²) in [6.45, 7) is 3.62. The van der Waals surface area contributed by atoms with E-state index in [2.05, 4.69) is 36.2 Å². The van der Waals surface area contributed by atoms with Crippen molar-refractivity contribution in [2.45, 2.75) is 44.9 Å². The SMILES string of the molecule is CCc1ccc(C(=O)CCC(=O)N2CCC(c3cc4ccccc4[nH]3)CC2)cc1. The third kappa shape index (κ3) is 4.42. The second kappa shape index (κ2) is 8.64. The molecule has 0 atom stereocenters. The summed E-state index contributed by atoms with van der Waals surface area (Å²) in [4.78, 5) is 30.4. The molecule has 29 heavy (non-hydrogen) atoms. The zero-order valence-electron chi connectivity index (χ0n) is 17.0. The number of nitrogens with zero attached hydrogens (tertiary/aromatic N) is 1. The summed E-state index contributed by atoms with van der Waals surface area (Å²) in [7, 11) is 0. The van der Waals surface area contributed by atoms with Crippen LogP contribution in [0.2, 0.25) is 0 Å². The van der Waals surface area contributed by atoms with Gasteiger partial charge in [0.2, 0.25) is 5.91 Å². The number of aromatic nitrogens is 1. The number of carbonyl (C=O) groups is 2. The lowest BCUT2D eigenvalue weighted by atomic mass is 9.93. The number of Topliss-reactive ketones (excluding diaryl/α,β-unsaturated/α-hetero) is 1. The van der Waals surface area contributed by atoms with Crippen molar-refractivity contribution < 1.29 is 9.59 Å². The molecule has 1 saturated heterocycles. The number of carbonyl (C=O) groups excluding carboxylic acids is 2. The molecule has 150 valence electrons. The van der Waals surface area contributed by atoms with Gasteiger partial charge < -0.3 is 9.88 Å². The molecule has 3 aromatic rings. The molecule has 1 amide bonds. The minimum atomic E-state index is 0.0500. The number of ketones is 1. The number of hydrogen-bond acceptors (Lipinski definition) is 2. The summed E-state index contributed by atoms with van der Waals surface area (Å²) in [5.74, 6) is 0.609. The van der Waals surface area contributed by atoms with Gasteiger partial charge in [0.15, 0.2) is 5.78 Å². The highest BCUT2D eigenvalue weighted by Gasteiger charge is 2.25. The summed E-state index contributed by atoms with van der Waals surface area (Å²) >= 11 is 0. The summed E-state index contributed by atoms with van der Waals surface area (Å²) in [5.41, 5.74) is 4.36. The van der Waals surface area contributed by atoms with Gasteiger partial charge in [-0.3, -0.25) is 9.59 Å². The van der Waals surface area contributed by atoms with Gasteiger partial charge in [-0.1, -0.05) is 49.4 Å². The van der Waals surface area contributed by atoms with E-state index in [1.807, 2.05) is 35.2 Å². The molecule has 0 spiro atoms. The van der Waals surface area contributed by atoms with Crippen LogP contribution >= 0.6 is 0 Å². The first-order chi connectivity index (χ1) is 14.1. The summed E-state index contributed by atoms with van der Waals surface area (Å²) in [6.07, 6.45) is 3.47. The minimum Gasteiger partial charge on any atom is -0.358 e. The molecule has 4 rings (SSSR count). The summed E-state index contributed by atoms with van der Waals surface area (Å²) in [6, 6.07) is 18.3. The van der Waals surface area contributed by atoms with E-state index in [0.29, 0.717) is 17.9 Å². The van der Waals surface area contributed by atoms with Crippen LogP contribution in [0.15, 0.2) is 54.6 Å². The fourth-order valence-corrected chi connectivity index (χ4v) is 4.20. The average Bonchev–Trinajstić information content (AvgIpc) is 3.22. The van der Waals surface area contributed by atoms with E-state index in [1.165, 1.54) is 22.2 Å². The molecule has 0 aliphatic carbocycles. The molecule has 4 heteroatoms. The fourth-order valence-electron chi connectivity index (χ4n) is 4.20. The van der Waals surface area contributed by atoms with E-state index in [4.69, 9.17) is 0 Å². The van der Waals surface area contributed by atoms with Crippen LogP contribution in [0.1, 0.15) is 60.1 Å². The number of rotatable bonds is 6. The van der Waals surface area contributed by atoms with Crippen LogP contribution in [0.3, 0.4) is 0 Å². The van der Waals surface area contributed by atoms with Crippen molar-refractivity contribution in [3.8, 4) is 0 Å². The Hall–Kier alpha value is -2.88. The maximum absolute atomic E-state index is 12.6. The van der Waals surface area contributed by atoms with Crippen molar-refractivity contribution in [1.29, 1.82) is 0 Å². The van der Waals surface area contributed by atoms with Gasteiger partial charge in [0.1, 0.15) is 0 Å². The number of benzene rings is 2. The van der Waals surface area contributed by atoms with Crippen LogP contribution in [-0.2, 0) is 11.2 Å². The number of amides is 1. The molecule has 1 fully saturated rings. The lowest BCUT2D eigenvalue weighted by Crippen LogP contribution is -2.38. The Morgan fingerprint density at radius 3 is 2.41 bits per heavy atom. The average molecular weight is 389 g/mol. The van der Waals surface area contributed by atoms with Gasteiger partial charge >= 0.3 is 0 Å². The second-order valence-corrected chi connectivity index (χ2v) is 7.94. The van der Waals surface area contributed by atoms with Gasteiger partial charge in [-0.15, -0.1) is 0 Å². The van der Waals surface area contributed by atoms with Crippen LogP contribution < -0.4 is 0 Å². The molecule has 0 bridgehead atoms. The number of piperidine rings is 1. The summed E-state index contributed by atoms with van der Waals surface area (Å²) < 4.78 is 0. The third-order valence-electron chi connectivity index (χ3n) is 6.09. The van der Waals surface area contributed by atoms with Crippen molar-refractivity contribution in [3.05, 3.63) is 71.4 Å². The maximum atomic E-state index is 12.6. The zero-order valence-corrected chi connectivity index (χ0v) is 17.0. The van der Waals surface area contributed by atoms with E-state index in [-0.39, 0.29) is 18.1 Å². The Morgan fingerprint density at radius 2 is 1.72 bits per heavy atom. The number of aromatic amines is 1. The lowest BCUT2D eigenvalue weighted by Gasteiger charge is -2.31. The van der Waals surface area contributed by atoms with Crippen molar-refractivity contribution in [2.75, 3.05) is 13.1 Å². The van der Waals surface area contributed by atoms with Gasteiger partial charge in [-0.2, -0.15) is 0 Å². The highest BCUT2D eigenvalue weighted by Crippen LogP contribution is 2.30. The Bertz CT molecular complexity index is 962. The van der Waals surface area contributed by atoms with E-state index in [9.17, 15) is 9.59 Å². The molecular formula is C25H28N2O2. The maximum Gasteiger partial charge on any atom is 0.223 e. The standard InChI is InChI=1S/C25H28N2O2/c1-2-18-7-9-20(10-8-18)24(28)11-12-25(29)27-15-13-19(14-16-27)23-17-21-5-3-4-6-22(21)26-23/h3-10,17,19,26H,2,11-16H2,1H3. The Morgan fingerprint density at radius 1 is 1.00 bits per heavy atom. The number of fused-ring (bicyclic) bond motifs is 1. The number of H-pyrrole nitrogens is 1. The predicted octanol–water partition coefficient (Wildman–Crippen LogP) is 5.10. The molecule has 2 heterocycles. The minimum absolute atomic E-state index is 0.0500. The van der Waals surface area contributed by atoms with Crippen molar-refractivity contribution in [1.82, 2.24) is 9.88 Å². The Labute approximate surface area is 171 Å². The normalized spacial score (nSPS) is 15.0. The molecule has 2 aromatic carbocycles. The third-order valence-corrected chi connectivity index (χ3v) is 6.09. The topological polar surface area (TPSA) is 53.2 Å². The first-order valence-corrected chi connectivity index (χ1v) is 10.6. The second-order valence-electron chi connectivity index (χ2n) is 7.94. The van der Waals surface area contributed by atoms with Crippen LogP contribution in [0.5, 0.6) is 0 Å². The van der Waals surface area contributed by atoms with Crippen molar-refractivity contribution >= 4 is 22.6 Å². The predicted molar refractivity (Wildman–Crippen MR) is 116 cm³/mol. The lowest BCUT2D eigenvalue weighted by molar-refractivity contribution is -0.132. The smallest absolute Gasteiger partial charge is 0.223 e. The molecule has 1 N–H and O–H groups in total. The zero-order chi connectivity index (χ0) is 20.2. The molecule has 1 aliphatic heterocycles. The van der Waals surface area contributed by atoms with Gasteiger partial charge in [0.25, 0.3) is 0 Å². The van der Waals surface area contributed by atoms with E-state index >= 15 is 0 Å². The van der Waals surface area contributed by atoms with E-state index in [0.717, 1.165) is 32.4 Å². The molecule has 1 aliphatic rings. The number of likely N-dealkylation sites (tertiary alicyclic amines) is 1. The summed E-state index contributed by atoms with van der Waals surface area (Å²) in [5, 5.41) is 1.24. The highest BCUT2D eigenvalue weighted by atomic mass is 16.2. The first-order valence-electron chi connectivity index (χ1n) is 10.6. The van der Waals surface area contributed by atoms with Crippen LogP contribution in [0.4, 0.5) is 0 Å². The van der Waals surface area contributed by atoms with E-state index in [1.54, 1.807) is 0 Å². The van der Waals surface area contributed by atoms with Crippen LogP contribution in [-0.4, -0.2) is 34.7 Å². The van der Waals surface area contributed by atoms with Crippen LogP contribution in [0, 0.1) is 0 Å². The molecular weight excluding hydrogens is 360 g/mol. The molecule has 0 saturated carbocycles. The van der Waals surface area contributed by atoms with Crippen LogP contribution in [0.25, 0.3) is 10.9 Å². The monoisotopic (exact) mass is 388 g/mol. The molecule has 4 nitrogen and oxygen atoms in total. The van der Waals surface area contributed by atoms with Gasteiger partial charge in [-0.25, -0.2) is 0 Å². The molecule has 1 aromatic heterocycles.